The van der Waals surface area contributed by atoms with Crippen LogP contribution in [0.1, 0.15) is 31.9 Å². The topological polar surface area (TPSA) is 37.0 Å². The molecule has 1 aromatic carbocycles. The summed E-state index contributed by atoms with van der Waals surface area (Å²) >= 11 is 0. The van der Waals surface area contributed by atoms with Crippen molar-refractivity contribution in [3.63, 3.8) is 0 Å². The molecule has 0 bridgehead atoms. The summed E-state index contributed by atoms with van der Waals surface area (Å²) in [5, 5.41) is 1.33. The van der Waals surface area contributed by atoms with Gasteiger partial charge in [-0.15, -0.1) is 0 Å². The molecule has 2 heterocycles. The maximum Gasteiger partial charge on any atom is 0.119 e. The highest BCUT2D eigenvalue weighted by Gasteiger charge is 1.98. The van der Waals surface area contributed by atoms with Gasteiger partial charge < -0.3 is 9.82 Å². The number of benzene rings is 1. The lowest BCUT2D eigenvalue weighted by Crippen LogP contribution is -2.01. The van der Waals surface area contributed by atoms with Gasteiger partial charge in [-0.2, -0.15) is 0 Å². The summed E-state index contributed by atoms with van der Waals surface area (Å²) in [4.78, 5) is 8.01. The molecule has 0 fully saturated rings. The van der Waals surface area contributed by atoms with E-state index in [-0.39, 0.29) is 0 Å². The number of aromatic amines is 1. The number of aromatic nitrogens is 1. The summed E-state index contributed by atoms with van der Waals surface area (Å²) in [6, 6.07) is 10.7. The first-order chi connectivity index (χ1) is 9.90. The molecule has 3 heteroatoms. The molecule has 106 valence electrons. The van der Waals surface area contributed by atoms with Crippen molar-refractivity contribution in [1.82, 2.24) is 10.5 Å². The zero-order chi connectivity index (χ0) is 14.0. The summed E-state index contributed by atoms with van der Waals surface area (Å²) in [7, 11) is 0. The number of fused-ring (bicyclic) bond motifs is 1. The Morgan fingerprint density at radius 1 is 1.10 bits per heavy atom. The first-order valence-corrected chi connectivity index (χ1v) is 7.19. The van der Waals surface area contributed by atoms with E-state index in [1.54, 1.807) is 18.5 Å². The highest BCUT2D eigenvalue weighted by Crippen LogP contribution is 2.16. The molecule has 1 aliphatic heterocycles. The Bertz CT molecular complexity index is 524. The fraction of sp³-hybridized carbons (Fsp3) is 0.294. The minimum absolute atomic E-state index is 1.18. The van der Waals surface area contributed by atoms with E-state index < -0.39 is 0 Å². The van der Waals surface area contributed by atoms with Crippen molar-refractivity contribution in [1.29, 1.82) is 0 Å². The number of rotatable bonds is 4. The molecule has 3 nitrogen and oxygen atoms in total. The Balaban J connectivity index is 0.000000205. The average Bonchev–Trinajstić information content (AvgIpc) is 2.93. The largest absolute Gasteiger partial charge is 0.391 e. The van der Waals surface area contributed by atoms with E-state index in [0.717, 1.165) is 0 Å². The molecule has 0 radical (unpaired) electrons. The molecule has 3 rings (SSSR count). The molecule has 0 atom stereocenters. The molecule has 0 saturated carbocycles. The number of hydrogen-bond donors (Lipinski definition) is 2. The fourth-order valence-corrected chi connectivity index (χ4v) is 2.09. The highest BCUT2D eigenvalue weighted by molar-refractivity contribution is 5.80. The molecule has 0 aliphatic carbocycles. The van der Waals surface area contributed by atoms with Crippen LogP contribution >= 0.6 is 0 Å². The number of hydrogen-bond acceptors (Lipinski definition) is 2. The van der Waals surface area contributed by atoms with Gasteiger partial charge in [-0.05, 0) is 42.5 Å². The van der Waals surface area contributed by atoms with Crippen LogP contribution in [0.5, 0.6) is 0 Å². The van der Waals surface area contributed by atoms with Crippen molar-refractivity contribution in [3.05, 3.63) is 60.6 Å². The van der Waals surface area contributed by atoms with E-state index in [1.165, 1.54) is 42.3 Å². The van der Waals surface area contributed by atoms with Crippen LogP contribution in [0.4, 0.5) is 0 Å². The average molecular weight is 270 g/mol. The maximum absolute atomic E-state index is 4.55. The quantitative estimate of drug-likeness (QED) is 0.805. The molecular formula is C17H22N2O. The van der Waals surface area contributed by atoms with E-state index >= 15 is 0 Å². The van der Waals surface area contributed by atoms with Gasteiger partial charge in [0.15, 0.2) is 0 Å². The third-order valence-electron chi connectivity index (χ3n) is 3.13. The molecular weight excluding hydrogens is 248 g/mol. The van der Waals surface area contributed by atoms with Gasteiger partial charge in [0.1, 0.15) is 6.26 Å². The number of para-hydroxylation sites is 1. The summed E-state index contributed by atoms with van der Waals surface area (Å²) in [6.07, 6.45) is 12.0. The highest BCUT2D eigenvalue weighted by atomic mass is 16.6. The van der Waals surface area contributed by atoms with Gasteiger partial charge in [-0.1, -0.05) is 38.0 Å². The molecule has 20 heavy (non-hydrogen) atoms. The Kier molecular flexibility index (Phi) is 5.77. The van der Waals surface area contributed by atoms with Gasteiger partial charge in [0.05, 0.1) is 0 Å². The summed E-state index contributed by atoms with van der Waals surface area (Å²) in [5.74, 6) is 0. The Morgan fingerprint density at radius 3 is 2.60 bits per heavy atom. The number of H-pyrrole nitrogens is 1. The van der Waals surface area contributed by atoms with Crippen LogP contribution in [0.15, 0.2) is 54.9 Å². The predicted octanol–water partition coefficient (Wildman–Crippen LogP) is 4.45. The second kappa shape index (κ2) is 8.10. The minimum Gasteiger partial charge on any atom is -0.391 e. The number of hydroxylamine groups is 1. The van der Waals surface area contributed by atoms with Crippen molar-refractivity contribution in [2.45, 2.75) is 32.6 Å². The van der Waals surface area contributed by atoms with Gasteiger partial charge in [0.25, 0.3) is 0 Å². The summed E-state index contributed by atoms with van der Waals surface area (Å²) in [5.41, 5.74) is 5.15. The summed E-state index contributed by atoms with van der Waals surface area (Å²) < 4.78 is 0. The lowest BCUT2D eigenvalue weighted by Gasteiger charge is -1.97. The number of unbranched alkanes of at least 4 members (excludes halogenated alkanes) is 2. The third-order valence-corrected chi connectivity index (χ3v) is 3.13. The van der Waals surface area contributed by atoms with Gasteiger partial charge in [-0.3, -0.25) is 0 Å². The van der Waals surface area contributed by atoms with Crippen LogP contribution in [-0.2, 0) is 11.3 Å². The second-order valence-corrected chi connectivity index (χ2v) is 4.76. The standard InChI is InChI=1S/C13H17N.C4H5NO/c1-2-3-4-8-12-10-11-7-5-6-9-13(11)14-12;1-2-4-6-5-3-1/h5-7,9-10,14H,2-4,8H2,1H3;1-5H. The van der Waals surface area contributed by atoms with Gasteiger partial charge in [0.2, 0.25) is 0 Å². The van der Waals surface area contributed by atoms with Gasteiger partial charge in [-0.25, -0.2) is 5.48 Å². The zero-order valence-corrected chi connectivity index (χ0v) is 11.9. The lowest BCUT2D eigenvalue weighted by atomic mass is 10.1. The maximum atomic E-state index is 4.55. The monoisotopic (exact) mass is 270 g/mol. The van der Waals surface area contributed by atoms with Gasteiger partial charge in [0, 0.05) is 17.4 Å². The van der Waals surface area contributed by atoms with Crippen LogP contribution in [0.25, 0.3) is 10.9 Å². The second-order valence-electron chi connectivity index (χ2n) is 4.76. The normalized spacial score (nSPS) is 12.4. The van der Waals surface area contributed by atoms with Crippen LogP contribution in [0.2, 0.25) is 0 Å². The van der Waals surface area contributed by atoms with E-state index in [9.17, 15) is 0 Å². The minimum atomic E-state index is 1.18. The van der Waals surface area contributed by atoms with Crippen molar-refractivity contribution in [2.24, 2.45) is 0 Å². The van der Waals surface area contributed by atoms with E-state index in [0.29, 0.717) is 0 Å². The van der Waals surface area contributed by atoms with Crippen molar-refractivity contribution >= 4 is 10.9 Å². The Morgan fingerprint density at radius 2 is 2.00 bits per heavy atom. The lowest BCUT2D eigenvalue weighted by molar-refractivity contribution is 0.172. The molecule has 1 aromatic heterocycles. The first-order valence-electron chi connectivity index (χ1n) is 7.19. The number of nitrogens with one attached hydrogen (secondary N) is 2. The molecule has 0 unspecified atom stereocenters. The van der Waals surface area contributed by atoms with Crippen LogP contribution in [-0.4, -0.2) is 4.98 Å². The molecule has 0 amide bonds. The Labute approximate surface area is 120 Å². The third kappa shape index (κ3) is 4.50. The van der Waals surface area contributed by atoms with E-state index in [4.69, 9.17) is 0 Å². The van der Waals surface area contributed by atoms with Crippen LogP contribution in [0.3, 0.4) is 0 Å². The van der Waals surface area contributed by atoms with E-state index in [2.05, 4.69) is 52.6 Å². The fourth-order valence-electron chi connectivity index (χ4n) is 2.09. The van der Waals surface area contributed by atoms with Crippen LogP contribution in [0, 0.1) is 0 Å². The van der Waals surface area contributed by atoms with Crippen molar-refractivity contribution in [3.8, 4) is 0 Å². The van der Waals surface area contributed by atoms with Crippen LogP contribution < -0.4 is 5.48 Å². The van der Waals surface area contributed by atoms with E-state index in [1.807, 2.05) is 6.08 Å². The smallest absolute Gasteiger partial charge is 0.119 e. The molecule has 0 saturated heterocycles. The van der Waals surface area contributed by atoms with Gasteiger partial charge >= 0.3 is 0 Å². The zero-order valence-electron chi connectivity index (χ0n) is 11.9. The number of allylic oxidation sites excluding steroid dienone is 2. The van der Waals surface area contributed by atoms with Crippen molar-refractivity contribution in [2.75, 3.05) is 0 Å². The van der Waals surface area contributed by atoms with Crippen molar-refractivity contribution < 1.29 is 4.84 Å². The molecule has 2 N–H and O–H groups in total. The Hall–Kier alpha value is -2.16. The summed E-state index contributed by atoms with van der Waals surface area (Å²) in [6.45, 7) is 2.24. The first kappa shape index (κ1) is 14.3. The number of aryl methyl sites for hydroxylation is 1. The molecule has 1 aliphatic rings. The molecule has 0 spiro atoms. The molecule has 2 aromatic rings. The SMILES string of the molecule is C1=CNOC=C1.CCCCCc1cc2ccccc2[nH]1. The predicted molar refractivity (Wildman–Crippen MR) is 84.0 cm³/mol.